The lowest BCUT2D eigenvalue weighted by molar-refractivity contribution is 0.0915. The van der Waals surface area contributed by atoms with E-state index in [1.165, 1.54) is 0 Å². The van der Waals surface area contributed by atoms with Gasteiger partial charge in [-0.15, -0.1) is 0 Å². The maximum absolute atomic E-state index is 12.2. The van der Waals surface area contributed by atoms with Crippen molar-refractivity contribution in [2.75, 3.05) is 0 Å². The second-order valence-corrected chi connectivity index (χ2v) is 9.20. The lowest BCUT2D eigenvalue weighted by Crippen LogP contribution is -2.47. The predicted octanol–water partition coefficient (Wildman–Crippen LogP) is 0.956. The van der Waals surface area contributed by atoms with Crippen molar-refractivity contribution in [1.82, 2.24) is 24.5 Å². The minimum Gasteiger partial charge on any atom is -0.391 e. The first kappa shape index (κ1) is 17.6. The Hall–Kier alpha value is -1.84. The number of aliphatic hydroxyl groups excluding tert-OH is 1. The highest BCUT2D eigenvalue weighted by Crippen LogP contribution is 2.35. The maximum Gasteiger partial charge on any atom is 0.214 e. The van der Waals surface area contributed by atoms with E-state index in [1.807, 2.05) is 19.2 Å². The molecule has 140 valence electrons. The number of hydrogen-bond acceptors (Lipinski definition) is 6. The molecule has 2 aliphatic carbocycles. The molecule has 9 heteroatoms. The monoisotopic (exact) mass is 377 g/mol. The zero-order chi connectivity index (χ0) is 18.3. The first-order valence-electron chi connectivity index (χ1n) is 8.94. The van der Waals surface area contributed by atoms with Crippen LogP contribution in [0.2, 0.25) is 0 Å². The average Bonchev–Trinajstić information content (AvgIpc) is 3.41. The molecule has 0 spiro atoms. The topological polar surface area (TPSA) is 110 Å². The van der Waals surface area contributed by atoms with E-state index in [0.29, 0.717) is 31.5 Å². The second-order valence-electron chi connectivity index (χ2n) is 7.20. The highest BCUT2D eigenvalue weighted by atomic mass is 32.2. The van der Waals surface area contributed by atoms with Crippen molar-refractivity contribution < 1.29 is 13.5 Å². The summed E-state index contributed by atoms with van der Waals surface area (Å²) in [5.74, 6) is 1.47. The van der Waals surface area contributed by atoms with E-state index in [0.717, 1.165) is 17.8 Å². The molecule has 2 aromatic rings. The van der Waals surface area contributed by atoms with Crippen molar-refractivity contribution in [1.29, 1.82) is 0 Å². The highest BCUT2D eigenvalue weighted by molar-refractivity contribution is 7.90. The fourth-order valence-corrected chi connectivity index (χ4v) is 5.20. The van der Waals surface area contributed by atoms with Crippen LogP contribution in [0.1, 0.15) is 43.8 Å². The molecule has 0 aliphatic heterocycles. The first-order chi connectivity index (χ1) is 12.4. The molecule has 2 aromatic heterocycles. The SMILES string of the molecule is Cn1nc(-c2cccnc2)nc1[C@H]1CC[C@@H](O)[C@H](NS(=O)(=O)C2CC2)C1. The summed E-state index contributed by atoms with van der Waals surface area (Å²) < 4.78 is 29.0. The van der Waals surface area contributed by atoms with Gasteiger partial charge in [-0.05, 0) is 44.2 Å². The number of pyridine rings is 1. The Kier molecular flexibility index (Phi) is 4.54. The van der Waals surface area contributed by atoms with E-state index in [2.05, 4.69) is 19.8 Å². The molecule has 2 aliphatic rings. The summed E-state index contributed by atoms with van der Waals surface area (Å²) in [4.78, 5) is 8.76. The van der Waals surface area contributed by atoms with Gasteiger partial charge in [-0.2, -0.15) is 5.10 Å². The molecule has 8 nitrogen and oxygen atoms in total. The van der Waals surface area contributed by atoms with Gasteiger partial charge < -0.3 is 5.11 Å². The number of nitrogens with zero attached hydrogens (tertiary/aromatic N) is 4. The third-order valence-electron chi connectivity index (χ3n) is 5.17. The van der Waals surface area contributed by atoms with Crippen molar-refractivity contribution in [2.45, 2.75) is 55.4 Å². The number of hydrogen-bond donors (Lipinski definition) is 2. The number of nitrogens with one attached hydrogen (secondary N) is 1. The Morgan fingerprint density at radius 1 is 1.27 bits per heavy atom. The zero-order valence-electron chi connectivity index (χ0n) is 14.6. The summed E-state index contributed by atoms with van der Waals surface area (Å²) in [6, 6.07) is 3.27. The third kappa shape index (κ3) is 3.51. The summed E-state index contributed by atoms with van der Waals surface area (Å²) >= 11 is 0. The van der Waals surface area contributed by atoms with E-state index in [-0.39, 0.29) is 11.2 Å². The Labute approximate surface area is 152 Å². The van der Waals surface area contributed by atoms with Crippen molar-refractivity contribution in [3.8, 4) is 11.4 Å². The second kappa shape index (κ2) is 6.71. The van der Waals surface area contributed by atoms with Crippen molar-refractivity contribution in [3.63, 3.8) is 0 Å². The largest absolute Gasteiger partial charge is 0.391 e. The quantitative estimate of drug-likeness (QED) is 0.803. The summed E-state index contributed by atoms with van der Waals surface area (Å²) in [6.07, 6.45) is 5.98. The number of aryl methyl sites for hydroxylation is 1. The molecule has 4 rings (SSSR count). The van der Waals surface area contributed by atoms with Gasteiger partial charge in [0.05, 0.1) is 11.4 Å². The van der Waals surface area contributed by atoms with Crippen molar-refractivity contribution in [2.24, 2.45) is 7.05 Å². The fourth-order valence-electron chi connectivity index (χ4n) is 3.57. The van der Waals surface area contributed by atoms with E-state index >= 15 is 0 Å². The molecule has 0 unspecified atom stereocenters. The van der Waals surface area contributed by atoms with Gasteiger partial charge in [0.15, 0.2) is 5.82 Å². The van der Waals surface area contributed by atoms with Crippen LogP contribution < -0.4 is 4.72 Å². The number of rotatable bonds is 5. The fraction of sp³-hybridized carbons (Fsp3) is 0.588. The van der Waals surface area contributed by atoms with Gasteiger partial charge in [-0.1, -0.05) is 0 Å². The van der Waals surface area contributed by atoms with Crippen LogP contribution >= 0.6 is 0 Å². The number of aliphatic hydroxyl groups is 1. The minimum absolute atomic E-state index is 0.0493. The van der Waals surface area contributed by atoms with Crippen LogP contribution in [0.5, 0.6) is 0 Å². The molecular weight excluding hydrogens is 354 g/mol. The van der Waals surface area contributed by atoms with Gasteiger partial charge in [0, 0.05) is 37.0 Å². The molecule has 2 heterocycles. The Morgan fingerprint density at radius 3 is 2.77 bits per heavy atom. The molecule has 0 radical (unpaired) electrons. The third-order valence-corrected chi connectivity index (χ3v) is 7.15. The Bertz CT molecular complexity index is 879. The van der Waals surface area contributed by atoms with Crippen LogP contribution in [-0.2, 0) is 17.1 Å². The Morgan fingerprint density at radius 2 is 2.08 bits per heavy atom. The van der Waals surface area contributed by atoms with Gasteiger partial charge in [-0.25, -0.2) is 18.1 Å². The van der Waals surface area contributed by atoms with E-state index in [1.54, 1.807) is 17.1 Å². The van der Waals surface area contributed by atoms with Crippen molar-refractivity contribution >= 4 is 10.0 Å². The molecule has 2 saturated carbocycles. The molecule has 26 heavy (non-hydrogen) atoms. The lowest BCUT2D eigenvalue weighted by Gasteiger charge is -2.33. The van der Waals surface area contributed by atoms with Gasteiger partial charge in [0.1, 0.15) is 5.82 Å². The summed E-state index contributed by atoms with van der Waals surface area (Å²) in [6.45, 7) is 0. The van der Waals surface area contributed by atoms with E-state index in [9.17, 15) is 13.5 Å². The van der Waals surface area contributed by atoms with Gasteiger partial charge >= 0.3 is 0 Å². The minimum atomic E-state index is -3.33. The smallest absolute Gasteiger partial charge is 0.214 e. The van der Waals surface area contributed by atoms with Crippen LogP contribution in [0.15, 0.2) is 24.5 Å². The first-order valence-corrected chi connectivity index (χ1v) is 10.5. The summed E-state index contributed by atoms with van der Waals surface area (Å²) in [7, 11) is -1.49. The van der Waals surface area contributed by atoms with E-state index < -0.39 is 22.2 Å². The average molecular weight is 377 g/mol. The standard InChI is InChI=1S/C17H23N5O3S/c1-22-17(19-16(20-22)12-3-2-8-18-10-12)11-4-7-15(23)14(9-11)21-26(24,25)13-5-6-13/h2-3,8,10-11,13-15,21,23H,4-7,9H2,1H3/t11-,14+,15+/m0/s1. The van der Waals surface area contributed by atoms with Crippen LogP contribution in [-0.4, -0.2) is 50.7 Å². The highest BCUT2D eigenvalue weighted by Gasteiger charge is 2.40. The van der Waals surface area contributed by atoms with Gasteiger partial charge in [0.25, 0.3) is 0 Å². The zero-order valence-corrected chi connectivity index (χ0v) is 15.4. The van der Waals surface area contributed by atoms with Crippen LogP contribution in [0.3, 0.4) is 0 Å². The van der Waals surface area contributed by atoms with Crippen LogP contribution in [0.4, 0.5) is 0 Å². The van der Waals surface area contributed by atoms with Crippen LogP contribution in [0.25, 0.3) is 11.4 Å². The molecule has 0 aromatic carbocycles. The molecule has 0 bridgehead atoms. The van der Waals surface area contributed by atoms with Crippen LogP contribution in [0, 0.1) is 0 Å². The van der Waals surface area contributed by atoms with Gasteiger partial charge in [-0.3, -0.25) is 9.67 Å². The van der Waals surface area contributed by atoms with Gasteiger partial charge in [0.2, 0.25) is 10.0 Å². The molecule has 2 fully saturated rings. The predicted molar refractivity (Wildman–Crippen MR) is 95.7 cm³/mol. The summed E-state index contributed by atoms with van der Waals surface area (Å²) in [5.41, 5.74) is 0.844. The molecule has 0 amide bonds. The maximum atomic E-state index is 12.2. The molecule has 2 N–H and O–H groups in total. The summed E-state index contributed by atoms with van der Waals surface area (Å²) in [5, 5.41) is 14.5. The molecule has 3 atom stereocenters. The molecular formula is C17H23N5O3S. The lowest BCUT2D eigenvalue weighted by atomic mass is 9.83. The molecule has 0 saturated heterocycles. The number of aromatic nitrogens is 4. The number of sulfonamides is 1. The Balaban J connectivity index is 1.53. The van der Waals surface area contributed by atoms with Crippen molar-refractivity contribution in [3.05, 3.63) is 30.4 Å². The van der Waals surface area contributed by atoms with E-state index in [4.69, 9.17) is 0 Å². The normalized spacial score (nSPS) is 26.8.